The van der Waals surface area contributed by atoms with Gasteiger partial charge in [-0.3, -0.25) is 0 Å². The predicted octanol–water partition coefficient (Wildman–Crippen LogP) is 3.34. The van der Waals surface area contributed by atoms with E-state index >= 15 is 0 Å². The van der Waals surface area contributed by atoms with Gasteiger partial charge in [-0.1, -0.05) is 5.16 Å². The fraction of sp³-hybridized carbons (Fsp3) is 0.182. The van der Waals surface area contributed by atoms with Crippen LogP contribution in [0.1, 0.15) is 11.7 Å². The third-order valence-electron chi connectivity index (χ3n) is 2.68. The number of halogens is 2. The smallest absolute Gasteiger partial charge is 0.246 e. The summed E-state index contributed by atoms with van der Waals surface area (Å²) in [6.45, 7) is 2.09. The summed E-state index contributed by atoms with van der Waals surface area (Å²) in [4.78, 5) is 7.08. The minimum Gasteiger partial charge on any atom is -0.337 e. The molecule has 0 bridgehead atoms. The van der Waals surface area contributed by atoms with Gasteiger partial charge >= 0.3 is 0 Å². The van der Waals surface area contributed by atoms with E-state index in [4.69, 9.17) is 16.7 Å². The molecule has 5 nitrogen and oxygen atoms in total. The van der Waals surface area contributed by atoms with Gasteiger partial charge in [-0.2, -0.15) is 4.98 Å². The lowest BCUT2D eigenvalue weighted by atomic mass is 10.3. The number of H-pyrrole nitrogens is 1. The maximum absolute atomic E-state index is 13.5. The van der Waals surface area contributed by atoms with Crippen molar-refractivity contribution in [1.29, 1.82) is 0 Å². The number of rotatable bonds is 2. The van der Waals surface area contributed by atoms with Gasteiger partial charge in [0.2, 0.25) is 5.89 Å². The number of aromatic nitrogens is 4. The maximum atomic E-state index is 13.5. The third kappa shape index (κ3) is 2.21. The van der Waals surface area contributed by atoms with Gasteiger partial charge in [-0.05, 0) is 41.1 Å². The Hall–Kier alpha value is -1.54. The number of nitrogens with one attached hydrogen (secondary N) is 1. The highest BCUT2D eigenvalue weighted by molar-refractivity contribution is 9.10. The van der Waals surface area contributed by atoms with Crippen LogP contribution >= 0.6 is 28.1 Å². The van der Waals surface area contributed by atoms with Crippen LogP contribution in [0.2, 0.25) is 0 Å². The lowest BCUT2D eigenvalue weighted by molar-refractivity contribution is 0.368. The van der Waals surface area contributed by atoms with E-state index in [0.29, 0.717) is 33.0 Å². The van der Waals surface area contributed by atoms with Gasteiger partial charge < -0.3 is 14.1 Å². The zero-order chi connectivity index (χ0) is 13.6. The molecule has 0 aliphatic rings. The molecule has 3 aromatic rings. The number of fused-ring (bicyclic) bond motifs is 1. The summed E-state index contributed by atoms with van der Waals surface area (Å²) in [5, 5.41) is 3.73. The summed E-state index contributed by atoms with van der Waals surface area (Å²) in [5.41, 5.74) is 1.40. The van der Waals surface area contributed by atoms with Crippen LogP contribution in [0, 0.1) is 17.5 Å². The Morgan fingerprint density at radius 2 is 2.32 bits per heavy atom. The van der Waals surface area contributed by atoms with E-state index in [1.807, 2.05) is 0 Å². The Morgan fingerprint density at radius 3 is 3.00 bits per heavy atom. The average Bonchev–Trinajstić information content (AvgIpc) is 2.87. The molecule has 8 heteroatoms. The second-order valence-corrected chi connectivity index (χ2v) is 5.28. The minimum absolute atomic E-state index is 0.343. The highest BCUT2D eigenvalue weighted by Gasteiger charge is 2.11. The van der Waals surface area contributed by atoms with Gasteiger partial charge in [0.1, 0.15) is 12.4 Å². The highest BCUT2D eigenvalue weighted by Crippen LogP contribution is 2.23. The standard InChI is InChI=1S/C11H8BrFN4OS/c1-5-14-10(18-16-5)4-17-9-2-6(12)7(13)3-8(9)15-11(17)19/h2-3H,4H2,1H3,(H,15,19). The van der Waals surface area contributed by atoms with E-state index in [1.165, 1.54) is 6.07 Å². The van der Waals surface area contributed by atoms with Crippen LogP contribution < -0.4 is 0 Å². The molecule has 0 unspecified atom stereocenters. The topological polar surface area (TPSA) is 59.6 Å². The second kappa shape index (κ2) is 4.53. The molecule has 0 saturated heterocycles. The zero-order valence-corrected chi connectivity index (χ0v) is 12.2. The van der Waals surface area contributed by atoms with Crippen LogP contribution in [0.25, 0.3) is 11.0 Å². The molecule has 19 heavy (non-hydrogen) atoms. The van der Waals surface area contributed by atoms with Gasteiger partial charge in [-0.15, -0.1) is 0 Å². The Morgan fingerprint density at radius 1 is 1.53 bits per heavy atom. The van der Waals surface area contributed by atoms with Gasteiger partial charge in [0, 0.05) is 6.07 Å². The summed E-state index contributed by atoms with van der Waals surface area (Å²) in [7, 11) is 0. The van der Waals surface area contributed by atoms with Crippen molar-refractivity contribution in [3.8, 4) is 0 Å². The van der Waals surface area contributed by atoms with Crippen molar-refractivity contribution in [2.75, 3.05) is 0 Å². The lowest BCUT2D eigenvalue weighted by Crippen LogP contribution is -2.00. The van der Waals surface area contributed by atoms with Crippen LogP contribution in [0.3, 0.4) is 0 Å². The molecule has 3 rings (SSSR count). The molecule has 0 spiro atoms. The van der Waals surface area contributed by atoms with Crippen molar-refractivity contribution in [3.63, 3.8) is 0 Å². The summed E-state index contributed by atoms with van der Waals surface area (Å²) in [5.74, 6) is 0.674. The fourth-order valence-electron chi connectivity index (χ4n) is 1.85. The maximum Gasteiger partial charge on any atom is 0.246 e. The quantitative estimate of drug-likeness (QED) is 0.725. The molecule has 0 aliphatic carbocycles. The Bertz CT molecular complexity index is 822. The molecule has 0 aliphatic heterocycles. The molecule has 0 fully saturated rings. The highest BCUT2D eigenvalue weighted by atomic mass is 79.9. The average molecular weight is 343 g/mol. The van der Waals surface area contributed by atoms with Crippen molar-refractivity contribution in [3.05, 3.63) is 38.9 Å². The number of aromatic amines is 1. The van der Waals surface area contributed by atoms with Crippen LogP contribution in [0.4, 0.5) is 4.39 Å². The van der Waals surface area contributed by atoms with Crippen LogP contribution in [-0.2, 0) is 6.54 Å². The molecular formula is C11H8BrFN4OS. The monoisotopic (exact) mass is 342 g/mol. The second-order valence-electron chi connectivity index (χ2n) is 4.04. The lowest BCUT2D eigenvalue weighted by Gasteiger charge is -2.01. The predicted molar refractivity (Wildman–Crippen MR) is 72.9 cm³/mol. The van der Waals surface area contributed by atoms with Crippen molar-refractivity contribution in [2.45, 2.75) is 13.5 Å². The number of imidazole rings is 1. The molecule has 2 aromatic heterocycles. The van der Waals surface area contributed by atoms with Crippen LogP contribution in [0.5, 0.6) is 0 Å². The summed E-state index contributed by atoms with van der Waals surface area (Å²) >= 11 is 8.39. The molecule has 0 amide bonds. The Balaban J connectivity index is 2.15. The van der Waals surface area contributed by atoms with E-state index in [1.54, 1.807) is 17.6 Å². The fourth-order valence-corrected chi connectivity index (χ4v) is 2.45. The minimum atomic E-state index is -0.343. The van der Waals surface area contributed by atoms with E-state index in [-0.39, 0.29) is 5.82 Å². The molecule has 1 aromatic carbocycles. The molecule has 0 radical (unpaired) electrons. The largest absolute Gasteiger partial charge is 0.337 e. The van der Waals surface area contributed by atoms with Crippen molar-refractivity contribution in [1.82, 2.24) is 19.7 Å². The molecule has 98 valence electrons. The normalized spacial score (nSPS) is 11.3. The molecule has 2 heterocycles. The van der Waals surface area contributed by atoms with E-state index < -0.39 is 0 Å². The Kier molecular flexibility index (Phi) is 2.98. The number of nitrogens with zero attached hydrogens (tertiary/aromatic N) is 3. The number of hydrogen-bond donors (Lipinski definition) is 1. The SMILES string of the molecule is Cc1noc(Cn2c(=S)[nH]c3cc(F)c(Br)cc32)n1. The third-order valence-corrected chi connectivity index (χ3v) is 3.61. The molecule has 0 atom stereocenters. The number of hydrogen-bond acceptors (Lipinski definition) is 4. The number of aryl methyl sites for hydroxylation is 1. The van der Waals surface area contributed by atoms with Crippen molar-refractivity contribution < 1.29 is 8.91 Å². The summed E-state index contributed by atoms with van der Waals surface area (Å²) < 4.78 is 21.2. The Labute approximate surface area is 120 Å². The van der Waals surface area contributed by atoms with Gasteiger partial charge in [0.25, 0.3) is 0 Å². The van der Waals surface area contributed by atoms with Crippen LogP contribution in [0.15, 0.2) is 21.1 Å². The first-order valence-corrected chi connectivity index (χ1v) is 6.61. The van der Waals surface area contributed by atoms with Gasteiger partial charge in [-0.25, -0.2) is 4.39 Å². The first kappa shape index (κ1) is 12.5. The molecule has 1 N–H and O–H groups in total. The van der Waals surface area contributed by atoms with Crippen molar-refractivity contribution in [2.24, 2.45) is 0 Å². The first-order valence-electron chi connectivity index (χ1n) is 5.41. The van der Waals surface area contributed by atoms with Gasteiger partial charge in [0.05, 0.1) is 15.5 Å². The summed E-state index contributed by atoms with van der Waals surface area (Å²) in [6, 6.07) is 3.06. The van der Waals surface area contributed by atoms with Gasteiger partial charge in [0.15, 0.2) is 10.6 Å². The number of benzene rings is 1. The van der Waals surface area contributed by atoms with E-state index in [9.17, 15) is 4.39 Å². The molecular weight excluding hydrogens is 335 g/mol. The molecule has 0 saturated carbocycles. The first-order chi connectivity index (χ1) is 9.04. The van der Waals surface area contributed by atoms with E-state index in [0.717, 1.165) is 5.52 Å². The van der Waals surface area contributed by atoms with E-state index in [2.05, 4.69) is 31.1 Å². The van der Waals surface area contributed by atoms with Crippen molar-refractivity contribution >= 4 is 39.2 Å². The van der Waals surface area contributed by atoms with Crippen LogP contribution in [-0.4, -0.2) is 19.7 Å². The summed E-state index contributed by atoms with van der Waals surface area (Å²) in [6.07, 6.45) is 0. The zero-order valence-electron chi connectivity index (χ0n) is 9.78.